The Kier molecular flexibility index (Phi) is 3.81. The van der Waals surface area contributed by atoms with Crippen molar-refractivity contribution in [2.75, 3.05) is 0 Å². The van der Waals surface area contributed by atoms with Gasteiger partial charge < -0.3 is 5.73 Å². The van der Waals surface area contributed by atoms with Crippen LogP contribution in [0.25, 0.3) is 0 Å². The van der Waals surface area contributed by atoms with Gasteiger partial charge in [-0.25, -0.2) is 4.98 Å². The van der Waals surface area contributed by atoms with Crippen LogP contribution in [0.5, 0.6) is 0 Å². The van der Waals surface area contributed by atoms with Crippen molar-refractivity contribution in [1.82, 2.24) is 14.8 Å². The zero-order valence-electron chi connectivity index (χ0n) is 9.27. The number of halogens is 2. The molecule has 0 aliphatic rings. The van der Waals surface area contributed by atoms with E-state index in [1.807, 2.05) is 25.2 Å². The number of nitrogens with two attached hydrogens (primary N) is 1. The average Bonchev–Trinajstić information content (AvgIpc) is 2.68. The van der Waals surface area contributed by atoms with Crippen LogP contribution in [0.3, 0.4) is 0 Å². The van der Waals surface area contributed by atoms with Gasteiger partial charge in [0.2, 0.25) is 0 Å². The van der Waals surface area contributed by atoms with Gasteiger partial charge in [0.25, 0.3) is 0 Å². The lowest BCUT2D eigenvalue weighted by atomic mass is 10.0. The third kappa shape index (κ3) is 2.86. The number of hydrogen-bond donors (Lipinski definition) is 1. The summed E-state index contributed by atoms with van der Waals surface area (Å²) in [5.74, 6) is 0.858. The molecule has 0 saturated carbocycles. The van der Waals surface area contributed by atoms with Crippen molar-refractivity contribution in [2.45, 2.75) is 12.5 Å². The lowest BCUT2D eigenvalue weighted by molar-refractivity contribution is 0.629. The van der Waals surface area contributed by atoms with E-state index in [1.165, 1.54) is 6.33 Å². The van der Waals surface area contributed by atoms with Crippen molar-refractivity contribution in [1.29, 1.82) is 0 Å². The number of nitrogens with zero attached hydrogens (tertiary/aromatic N) is 3. The molecule has 4 nitrogen and oxygen atoms in total. The second kappa shape index (κ2) is 5.16. The molecule has 0 amide bonds. The molecule has 1 unspecified atom stereocenters. The van der Waals surface area contributed by atoms with Gasteiger partial charge in [-0.2, -0.15) is 5.10 Å². The van der Waals surface area contributed by atoms with Crippen LogP contribution in [0.15, 0.2) is 29.0 Å². The van der Waals surface area contributed by atoms with Gasteiger partial charge >= 0.3 is 0 Å². The minimum atomic E-state index is -0.136. The normalized spacial score (nSPS) is 12.7. The Hall–Kier alpha value is -0.910. The fraction of sp³-hybridized carbons (Fsp3) is 0.273. The minimum Gasteiger partial charge on any atom is -0.324 e. The fourth-order valence-corrected chi connectivity index (χ4v) is 2.00. The summed E-state index contributed by atoms with van der Waals surface area (Å²) in [6.45, 7) is 0. The van der Waals surface area contributed by atoms with Crippen molar-refractivity contribution in [3.63, 3.8) is 0 Å². The zero-order valence-corrected chi connectivity index (χ0v) is 11.6. The SMILES string of the molecule is Cn1ncnc1CC(N)c1ccc(Br)c(Cl)c1. The second-order valence-corrected chi connectivity index (χ2v) is 5.05. The molecular weight excluding hydrogens is 304 g/mol. The highest BCUT2D eigenvalue weighted by molar-refractivity contribution is 9.10. The molecule has 0 aliphatic carbocycles. The Morgan fingerprint density at radius 2 is 2.29 bits per heavy atom. The lowest BCUT2D eigenvalue weighted by Crippen LogP contribution is -2.16. The van der Waals surface area contributed by atoms with Gasteiger partial charge in [-0.05, 0) is 33.6 Å². The van der Waals surface area contributed by atoms with Gasteiger partial charge in [-0.15, -0.1) is 0 Å². The molecule has 1 aromatic carbocycles. The summed E-state index contributed by atoms with van der Waals surface area (Å²) in [7, 11) is 1.85. The zero-order chi connectivity index (χ0) is 12.4. The van der Waals surface area contributed by atoms with Gasteiger partial charge in [-0.1, -0.05) is 17.7 Å². The van der Waals surface area contributed by atoms with Crippen LogP contribution < -0.4 is 5.73 Å². The standard InChI is InChI=1S/C11H12BrClN4/c1-17-11(15-6-16-17)5-10(14)7-2-3-8(12)9(13)4-7/h2-4,6,10H,5,14H2,1H3. The summed E-state index contributed by atoms with van der Waals surface area (Å²) >= 11 is 9.39. The minimum absolute atomic E-state index is 0.136. The summed E-state index contributed by atoms with van der Waals surface area (Å²) < 4.78 is 2.59. The van der Waals surface area contributed by atoms with E-state index in [4.69, 9.17) is 17.3 Å². The maximum absolute atomic E-state index is 6.12. The summed E-state index contributed by atoms with van der Waals surface area (Å²) in [5.41, 5.74) is 7.11. The van der Waals surface area contributed by atoms with Crippen LogP contribution in [0, 0.1) is 0 Å². The first-order chi connectivity index (χ1) is 8.08. The van der Waals surface area contributed by atoms with Crippen molar-refractivity contribution in [3.8, 4) is 0 Å². The highest BCUT2D eigenvalue weighted by Crippen LogP contribution is 2.26. The summed E-state index contributed by atoms with van der Waals surface area (Å²) in [4.78, 5) is 4.15. The lowest BCUT2D eigenvalue weighted by Gasteiger charge is -2.12. The van der Waals surface area contributed by atoms with E-state index in [0.717, 1.165) is 15.9 Å². The van der Waals surface area contributed by atoms with Crippen LogP contribution in [-0.4, -0.2) is 14.8 Å². The Bertz CT molecular complexity index is 526. The summed E-state index contributed by atoms with van der Waals surface area (Å²) in [5, 5.41) is 4.67. The predicted molar refractivity (Wildman–Crippen MR) is 70.8 cm³/mol. The summed E-state index contributed by atoms with van der Waals surface area (Å²) in [6, 6.07) is 5.58. The van der Waals surface area contributed by atoms with Gasteiger partial charge in [-0.3, -0.25) is 4.68 Å². The Morgan fingerprint density at radius 3 is 2.88 bits per heavy atom. The number of aryl methyl sites for hydroxylation is 1. The molecular formula is C11H12BrClN4. The molecule has 0 spiro atoms. The molecule has 2 rings (SSSR count). The first-order valence-corrected chi connectivity index (χ1v) is 6.28. The molecule has 0 fully saturated rings. The Morgan fingerprint density at radius 1 is 1.53 bits per heavy atom. The monoisotopic (exact) mass is 314 g/mol. The van der Waals surface area contributed by atoms with E-state index in [1.54, 1.807) is 4.68 Å². The van der Waals surface area contributed by atoms with Gasteiger partial charge in [0.05, 0.1) is 5.02 Å². The highest BCUT2D eigenvalue weighted by Gasteiger charge is 2.11. The molecule has 1 atom stereocenters. The van der Waals surface area contributed by atoms with Crippen LogP contribution in [0.1, 0.15) is 17.4 Å². The third-order valence-corrected chi connectivity index (χ3v) is 3.81. The maximum atomic E-state index is 6.12. The topological polar surface area (TPSA) is 56.7 Å². The molecule has 2 N–H and O–H groups in total. The van der Waals surface area contributed by atoms with Crippen LogP contribution in [0.2, 0.25) is 5.02 Å². The van der Waals surface area contributed by atoms with E-state index < -0.39 is 0 Å². The molecule has 0 radical (unpaired) electrons. The van der Waals surface area contributed by atoms with Crippen LogP contribution in [0.4, 0.5) is 0 Å². The fourth-order valence-electron chi connectivity index (χ4n) is 1.56. The Balaban J connectivity index is 2.17. The largest absolute Gasteiger partial charge is 0.324 e. The number of benzene rings is 1. The molecule has 2 aromatic rings. The van der Waals surface area contributed by atoms with E-state index in [0.29, 0.717) is 11.4 Å². The van der Waals surface area contributed by atoms with Crippen LogP contribution >= 0.6 is 27.5 Å². The third-order valence-electron chi connectivity index (χ3n) is 2.58. The molecule has 0 aliphatic heterocycles. The van der Waals surface area contributed by atoms with E-state index in [-0.39, 0.29) is 6.04 Å². The van der Waals surface area contributed by atoms with E-state index in [9.17, 15) is 0 Å². The van der Waals surface area contributed by atoms with Gasteiger partial charge in [0, 0.05) is 24.0 Å². The molecule has 17 heavy (non-hydrogen) atoms. The molecule has 1 heterocycles. The molecule has 90 valence electrons. The molecule has 6 heteroatoms. The average molecular weight is 316 g/mol. The quantitative estimate of drug-likeness (QED) is 0.946. The van der Waals surface area contributed by atoms with E-state index in [2.05, 4.69) is 26.0 Å². The Labute approximate surface area is 113 Å². The smallest absolute Gasteiger partial charge is 0.138 e. The molecule has 1 aromatic heterocycles. The number of aromatic nitrogens is 3. The van der Waals surface area contributed by atoms with E-state index >= 15 is 0 Å². The van der Waals surface area contributed by atoms with Crippen molar-refractivity contribution < 1.29 is 0 Å². The summed E-state index contributed by atoms with van der Waals surface area (Å²) in [6.07, 6.45) is 2.16. The van der Waals surface area contributed by atoms with Gasteiger partial charge in [0.1, 0.15) is 12.2 Å². The number of hydrogen-bond acceptors (Lipinski definition) is 3. The van der Waals surface area contributed by atoms with Crippen LogP contribution in [-0.2, 0) is 13.5 Å². The van der Waals surface area contributed by atoms with Crippen molar-refractivity contribution >= 4 is 27.5 Å². The second-order valence-electron chi connectivity index (χ2n) is 3.78. The van der Waals surface area contributed by atoms with Crippen molar-refractivity contribution in [2.24, 2.45) is 12.8 Å². The highest BCUT2D eigenvalue weighted by atomic mass is 79.9. The first-order valence-electron chi connectivity index (χ1n) is 5.11. The first kappa shape index (κ1) is 12.5. The van der Waals surface area contributed by atoms with Gasteiger partial charge in [0.15, 0.2) is 0 Å². The number of rotatable bonds is 3. The molecule has 0 bridgehead atoms. The maximum Gasteiger partial charge on any atom is 0.138 e. The predicted octanol–water partition coefficient (Wildman–Crippen LogP) is 2.47. The van der Waals surface area contributed by atoms with Crippen molar-refractivity contribution in [3.05, 3.63) is 45.4 Å². The molecule has 0 saturated heterocycles.